The Balaban J connectivity index is 0.00000208. The van der Waals surface area contributed by atoms with Crippen molar-refractivity contribution >= 4 is 46.4 Å². The third-order valence-electron chi connectivity index (χ3n) is 3.64. The standard InChI is InChI=1S/C19H19N3O.HI/c20-19(22-17-8-2-1-3-9-17)21-13-18(23)16-11-10-14-6-4-5-7-15(14)12-16;/h1-12,18,23H,13H2,(H3,20,21,22);1H. The zero-order chi connectivity index (χ0) is 16.1. The van der Waals surface area contributed by atoms with Gasteiger partial charge in [0.25, 0.3) is 0 Å². The molecule has 5 heteroatoms. The van der Waals surface area contributed by atoms with Gasteiger partial charge in [0.1, 0.15) is 0 Å². The van der Waals surface area contributed by atoms with Crippen molar-refractivity contribution in [1.82, 2.24) is 0 Å². The van der Waals surface area contributed by atoms with Gasteiger partial charge < -0.3 is 16.2 Å². The summed E-state index contributed by atoms with van der Waals surface area (Å²) in [5.41, 5.74) is 7.55. The molecule has 0 spiro atoms. The molecule has 0 radical (unpaired) electrons. The van der Waals surface area contributed by atoms with Crippen molar-refractivity contribution in [3.63, 3.8) is 0 Å². The molecule has 0 amide bonds. The molecule has 0 aliphatic carbocycles. The maximum Gasteiger partial charge on any atom is 0.193 e. The summed E-state index contributed by atoms with van der Waals surface area (Å²) in [5, 5.41) is 15.6. The summed E-state index contributed by atoms with van der Waals surface area (Å²) in [6, 6.07) is 23.5. The number of aliphatic hydroxyl groups is 1. The molecule has 24 heavy (non-hydrogen) atoms. The molecule has 0 aliphatic rings. The topological polar surface area (TPSA) is 70.6 Å². The Morgan fingerprint density at radius 2 is 1.62 bits per heavy atom. The van der Waals surface area contributed by atoms with Crippen molar-refractivity contribution in [3.05, 3.63) is 78.4 Å². The van der Waals surface area contributed by atoms with Crippen LogP contribution in [0.1, 0.15) is 11.7 Å². The number of fused-ring (bicyclic) bond motifs is 1. The molecule has 0 fully saturated rings. The minimum absolute atomic E-state index is 0. The summed E-state index contributed by atoms with van der Waals surface area (Å²) in [5.74, 6) is 0.288. The molecule has 0 bridgehead atoms. The number of benzene rings is 3. The van der Waals surface area contributed by atoms with Crippen molar-refractivity contribution in [1.29, 1.82) is 0 Å². The van der Waals surface area contributed by atoms with E-state index in [-0.39, 0.29) is 36.5 Å². The molecule has 0 aliphatic heterocycles. The van der Waals surface area contributed by atoms with Gasteiger partial charge in [-0.3, -0.25) is 4.99 Å². The summed E-state index contributed by atoms with van der Waals surface area (Å²) in [6.07, 6.45) is -0.685. The van der Waals surface area contributed by atoms with Gasteiger partial charge >= 0.3 is 0 Å². The smallest absolute Gasteiger partial charge is 0.193 e. The number of guanidine groups is 1. The van der Waals surface area contributed by atoms with Crippen LogP contribution in [0.2, 0.25) is 0 Å². The van der Waals surface area contributed by atoms with Crippen LogP contribution in [-0.2, 0) is 0 Å². The first kappa shape index (κ1) is 18.2. The first-order valence-corrected chi connectivity index (χ1v) is 7.51. The molecule has 0 saturated heterocycles. The largest absolute Gasteiger partial charge is 0.386 e. The lowest BCUT2D eigenvalue weighted by atomic mass is 10.0. The van der Waals surface area contributed by atoms with Crippen LogP contribution in [-0.4, -0.2) is 17.6 Å². The molecule has 1 unspecified atom stereocenters. The molecule has 124 valence electrons. The van der Waals surface area contributed by atoms with Crippen LogP contribution in [0.3, 0.4) is 0 Å². The van der Waals surface area contributed by atoms with Gasteiger partial charge in [0, 0.05) is 5.69 Å². The average Bonchev–Trinajstić information content (AvgIpc) is 2.60. The summed E-state index contributed by atoms with van der Waals surface area (Å²) in [4.78, 5) is 4.21. The lowest BCUT2D eigenvalue weighted by molar-refractivity contribution is 0.187. The van der Waals surface area contributed by atoms with Crippen molar-refractivity contribution in [3.8, 4) is 0 Å². The zero-order valence-corrected chi connectivity index (χ0v) is 15.4. The zero-order valence-electron chi connectivity index (χ0n) is 13.1. The number of halogens is 1. The predicted octanol–water partition coefficient (Wildman–Crippen LogP) is 3.92. The molecule has 4 N–H and O–H groups in total. The Labute approximate surface area is 158 Å². The second-order valence-electron chi connectivity index (χ2n) is 5.34. The number of hydrogen-bond acceptors (Lipinski definition) is 2. The number of nitrogens with one attached hydrogen (secondary N) is 1. The SMILES string of the molecule is I.NC(=NCC(O)c1ccc2ccccc2c1)Nc1ccccc1. The molecule has 1 atom stereocenters. The Hall–Kier alpha value is -2.12. The van der Waals surface area contributed by atoms with E-state index in [0.29, 0.717) is 0 Å². The Bertz CT molecular complexity index is 821. The quantitative estimate of drug-likeness (QED) is 0.332. The van der Waals surface area contributed by atoms with E-state index in [2.05, 4.69) is 10.3 Å². The highest BCUT2D eigenvalue weighted by molar-refractivity contribution is 14.0. The molecule has 3 rings (SSSR count). The van der Waals surface area contributed by atoms with Crippen LogP contribution in [0.15, 0.2) is 77.8 Å². The highest BCUT2D eigenvalue weighted by Crippen LogP contribution is 2.20. The summed E-state index contributed by atoms with van der Waals surface area (Å²) in [7, 11) is 0. The number of aliphatic imine (C=N–C) groups is 1. The van der Waals surface area contributed by atoms with Gasteiger partial charge in [-0.2, -0.15) is 0 Å². The van der Waals surface area contributed by atoms with E-state index in [1.54, 1.807) is 0 Å². The lowest BCUT2D eigenvalue weighted by Crippen LogP contribution is -2.23. The fraction of sp³-hybridized carbons (Fsp3) is 0.105. The van der Waals surface area contributed by atoms with Gasteiger partial charge in [0.05, 0.1) is 12.6 Å². The molecule has 0 aromatic heterocycles. The fourth-order valence-electron chi connectivity index (χ4n) is 2.41. The van der Waals surface area contributed by atoms with Gasteiger partial charge in [0.2, 0.25) is 0 Å². The molecule has 3 aromatic rings. The van der Waals surface area contributed by atoms with Crippen LogP contribution >= 0.6 is 24.0 Å². The maximum absolute atomic E-state index is 10.3. The lowest BCUT2D eigenvalue weighted by Gasteiger charge is -2.11. The number of nitrogens with two attached hydrogens (primary N) is 1. The van der Waals surface area contributed by atoms with Crippen molar-refractivity contribution in [2.45, 2.75) is 6.10 Å². The summed E-state index contributed by atoms with van der Waals surface area (Å²) in [6.45, 7) is 0.212. The third kappa shape index (κ3) is 4.69. The first-order valence-electron chi connectivity index (χ1n) is 7.51. The van der Waals surface area contributed by atoms with E-state index < -0.39 is 6.10 Å². The van der Waals surface area contributed by atoms with Crippen LogP contribution in [0.5, 0.6) is 0 Å². The van der Waals surface area contributed by atoms with E-state index >= 15 is 0 Å². The van der Waals surface area contributed by atoms with E-state index in [4.69, 9.17) is 5.73 Å². The summed E-state index contributed by atoms with van der Waals surface area (Å²) >= 11 is 0. The third-order valence-corrected chi connectivity index (χ3v) is 3.64. The second-order valence-corrected chi connectivity index (χ2v) is 5.34. The van der Waals surface area contributed by atoms with Gasteiger partial charge in [0.15, 0.2) is 5.96 Å². The minimum atomic E-state index is -0.685. The van der Waals surface area contributed by atoms with E-state index in [0.717, 1.165) is 22.0 Å². The number of anilines is 1. The number of nitrogens with zero attached hydrogens (tertiary/aromatic N) is 1. The van der Waals surface area contributed by atoms with Crippen LogP contribution in [0, 0.1) is 0 Å². The molecule has 3 aromatic carbocycles. The molecular formula is C19H20IN3O. The van der Waals surface area contributed by atoms with E-state index in [1.165, 1.54) is 0 Å². The number of aliphatic hydroxyl groups excluding tert-OH is 1. The van der Waals surface area contributed by atoms with Crippen LogP contribution in [0.25, 0.3) is 10.8 Å². The Morgan fingerprint density at radius 1 is 0.958 bits per heavy atom. The van der Waals surface area contributed by atoms with Gasteiger partial charge in [-0.25, -0.2) is 0 Å². The number of hydrogen-bond donors (Lipinski definition) is 3. The van der Waals surface area contributed by atoms with Crippen LogP contribution in [0.4, 0.5) is 5.69 Å². The molecule has 0 saturated carbocycles. The normalized spacial score (nSPS) is 12.5. The number of para-hydroxylation sites is 1. The first-order chi connectivity index (χ1) is 11.2. The summed E-state index contributed by atoms with van der Waals surface area (Å²) < 4.78 is 0. The van der Waals surface area contributed by atoms with Crippen molar-refractivity contribution < 1.29 is 5.11 Å². The highest BCUT2D eigenvalue weighted by atomic mass is 127. The Kier molecular flexibility index (Phi) is 6.57. The van der Waals surface area contributed by atoms with Crippen molar-refractivity contribution in [2.24, 2.45) is 10.7 Å². The van der Waals surface area contributed by atoms with Crippen LogP contribution < -0.4 is 11.1 Å². The highest BCUT2D eigenvalue weighted by Gasteiger charge is 2.07. The monoisotopic (exact) mass is 433 g/mol. The fourth-order valence-corrected chi connectivity index (χ4v) is 2.41. The van der Waals surface area contributed by atoms with Crippen molar-refractivity contribution in [2.75, 3.05) is 11.9 Å². The van der Waals surface area contributed by atoms with Gasteiger partial charge in [-0.15, -0.1) is 24.0 Å². The maximum atomic E-state index is 10.3. The van der Waals surface area contributed by atoms with Gasteiger partial charge in [-0.1, -0.05) is 54.6 Å². The second kappa shape index (κ2) is 8.65. The Morgan fingerprint density at radius 3 is 2.38 bits per heavy atom. The average molecular weight is 433 g/mol. The molecule has 0 heterocycles. The van der Waals surface area contributed by atoms with E-state index in [9.17, 15) is 5.11 Å². The predicted molar refractivity (Wildman–Crippen MR) is 111 cm³/mol. The van der Waals surface area contributed by atoms with Gasteiger partial charge in [-0.05, 0) is 34.5 Å². The molecular weight excluding hydrogens is 413 g/mol. The minimum Gasteiger partial charge on any atom is -0.386 e. The van der Waals surface area contributed by atoms with E-state index in [1.807, 2.05) is 72.8 Å². The molecule has 4 nitrogen and oxygen atoms in total. The number of rotatable bonds is 4.